The Morgan fingerprint density at radius 2 is 1.95 bits per heavy atom. The Balaban J connectivity index is 1.89. The van der Waals surface area contributed by atoms with E-state index in [1.165, 1.54) is 37.8 Å². The molecule has 1 saturated carbocycles. The van der Waals surface area contributed by atoms with Crippen LogP contribution in [0.15, 0.2) is 18.2 Å². The molecule has 1 aliphatic carbocycles. The number of hydrogen-bond donors (Lipinski definition) is 2. The Kier molecular flexibility index (Phi) is 4.77. The van der Waals surface area contributed by atoms with Crippen LogP contribution in [0, 0.1) is 11.7 Å². The molecule has 0 heterocycles. The smallest absolute Gasteiger partial charge is 0.224 e. The maximum Gasteiger partial charge on any atom is 0.224 e. The normalized spacial score (nSPS) is 16.9. The topological polar surface area (TPSA) is 49.3 Å². The van der Waals surface area contributed by atoms with Crippen molar-refractivity contribution in [2.75, 3.05) is 5.32 Å². The van der Waals surface area contributed by atoms with Crippen molar-refractivity contribution in [3.8, 4) is 5.75 Å². The van der Waals surface area contributed by atoms with Gasteiger partial charge in [0.05, 0.1) is 5.69 Å². The number of hydrogen-bond acceptors (Lipinski definition) is 2. The van der Waals surface area contributed by atoms with Crippen LogP contribution < -0.4 is 5.32 Å². The summed E-state index contributed by atoms with van der Waals surface area (Å²) in [4.78, 5) is 11.9. The van der Waals surface area contributed by atoms with E-state index in [9.17, 15) is 9.18 Å². The summed E-state index contributed by atoms with van der Waals surface area (Å²) >= 11 is 0. The average Bonchev–Trinajstić information content (AvgIpc) is 2.61. The van der Waals surface area contributed by atoms with E-state index in [-0.39, 0.29) is 17.3 Å². The van der Waals surface area contributed by atoms with Crippen LogP contribution in [0.4, 0.5) is 10.1 Å². The number of phenolic OH excluding ortho intramolecular Hbond substituents is 1. The number of amides is 1. The average molecular weight is 265 g/mol. The Morgan fingerprint density at radius 3 is 2.58 bits per heavy atom. The second-order valence-electron chi connectivity index (χ2n) is 5.27. The van der Waals surface area contributed by atoms with E-state index in [1.54, 1.807) is 0 Å². The lowest BCUT2D eigenvalue weighted by Gasteiger charge is -2.14. The monoisotopic (exact) mass is 265 g/mol. The van der Waals surface area contributed by atoms with E-state index in [2.05, 4.69) is 5.32 Å². The quantitative estimate of drug-likeness (QED) is 0.644. The number of benzene rings is 1. The fourth-order valence-electron chi connectivity index (χ4n) is 2.64. The number of halogens is 1. The number of phenols is 1. The van der Waals surface area contributed by atoms with Gasteiger partial charge in [0.2, 0.25) is 5.91 Å². The van der Waals surface area contributed by atoms with E-state index < -0.39 is 5.82 Å². The first kappa shape index (κ1) is 13.8. The van der Waals surface area contributed by atoms with Gasteiger partial charge in [0, 0.05) is 12.5 Å². The lowest BCUT2D eigenvalue weighted by molar-refractivity contribution is -0.117. The van der Waals surface area contributed by atoms with Gasteiger partial charge in [-0.05, 0) is 30.9 Å². The lowest BCUT2D eigenvalue weighted by atomic mass is 9.96. The predicted octanol–water partition coefficient (Wildman–Crippen LogP) is 3.83. The van der Waals surface area contributed by atoms with Crippen molar-refractivity contribution >= 4 is 11.6 Å². The van der Waals surface area contributed by atoms with E-state index >= 15 is 0 Å². The largest absolute Gasteiger partial charge is 0.508 e. The summed E-state index contributed by atoms with van der Waals surface area (Å²) in [6.45, 7) is 0. The summed E-state index contributed by atoms with van der Waals surface area (Å²) < 4.78 is 13.5. The van der Waals surface area contributed by atoms with Crippen LogP contribution in [0.2, 0.25) is 0 Å². The first-order valence-electron chi connectivity index (χ1n) is 6.93. The zero-order valence-electron chi connectivity index (χ0n) is 11.0. The van der Waals surface area contributed by atoms with Gasteiger partial charge in [-0.3, -0.25) is 4.79 Å². The fourth-order valence-corrected chi connectivity index (χ4v) is 2.64. The van der Waals surface area contributed by atoms with Crippen LogP contribution in [0.5, 0.6) is 5.75 Å². The standard InChI is InChI=1S/C15H20FNO2/c16-13-10-12(18)7-8-14(13)17-15(19)9-11-5-3-1-2-4-6-11/h7-8,10-11,18H,1-6,9H2,(H,17,19). The fraction of sp³-hybridized carbons (Fsp3) is 0.533. The molecule has 19 heavy (non-hydrogen) atoms. The van der Waals surface area contributed by atoms with Gasteiger partial charge >= 0.3 is 0 Å². The van der Waals surface area contributed by atoms with Gasteiger partial charge in [-0.25, -0.2) is 4.39 Å². The van der Waals surface area contributed by atoms with Crippen molar-refractivity contribution in [2.45, 2.75) is 44.9 Å². The minimum absolute atomic E-state index is 0.136. The molecule has 104 valence electrons. The molecular formula is C15H20FNO2. The van der Waals surface area contributed by atoms with Gasteiger partial charge in [-0.1, -0.05) is 25.7 Å². The molecule has 1 fully saturated rings. The number of anilines is 1. The molecule has 1 aromatic carbocycles. The molecule has 0 spiro atoms. The Morgan fingerprint density at radius 1 is 1.26 bits per heavy atom. The van der Waals surface area contributed by atoms with Gasteiger partial charge in [0.25, 0.3) is 0 Å². The van der Waals surface area contributed by atoms with Crippen LogP contribution in [-0.4, -0.2) is 11.0 Å². The lowest BCUT2D eigenvalue weighted by Crippen LogP contribution is -2.17. The van der Waals surface area contributed by atoms with Crippen molar-refractivity contribution in [2.24, 2.45) is 5.92 Å². The van der Waals surface area contributed by atoms with E-state index in [0.29, 0.717) is 12.3 Å². The molecule has 2 rings (SSSR count). The highest BCUT2D eigenvalue weighted by atomic mass is 19.1. The van der Waals surface area contributed by atoms with Crippen molar-refractivity contribution in [1.29, 1.82) is 0 Å². The number of carbonyl (C=O) groups excluding carboxylic acids is 1. The third kappa shape index (κ3) is 4.23. The summed E-state index contributed by atoms with van der Waals surface area (Å²) in [5.41, 5.74) is 0.136. The van der Waals surface area contributed by atoms with Crippen molar-refractivity contribution in [1.82, 2.24) is 0 Å². The number of nitrogens with one attached hydrogen (secondary N) is 1. The van der Waals surface area contributed by atoms with E-state index in [0.717, 1.165) is 18.9 Å². The zero-order chi connectivity index (χ0) is 13.7. The molecule has 1 aliphatic rings. The van der Waals surface area contributed by atoms with Gasteiger partial charge in [-0.15, -0.1) is 0 Å². The molecule has 0 bridgehead atoms. The molecule has 1 amide bonds. The molecule has 0 unspecified atom stereocenters. The summed E-state index contributed by atoms with van der Waals surface area (Å²) in [7, 11) is 0. The summed E-state index contributed by atoms with van der Waals surface area (Å²) in [5.74, 6) is -0.465. The molecule has 3 nitrogen and oxygen atoms in total. The molecule has 0 aliphatic heterocycles. The van der Waals surface area contributed by atoms with Gasteiger partial charge in [0.1, 0.15) is 11.6 Å². The van der Waals surface area contributed by atoms with Gasteiger partial charge < -0.3 is 10.4 Å². The molecule has 1 aromatic rings. The predicted molar refractivity (Wildman–Crippen MR) is 72.5 cm³/mol. The summed E-state index contributed by atoms with van der Waals surface area (Å²) in [6.07, 6.45) is 7.52. The first-order valence-corrected chi connectivity index (χ1v) is 6.93. The third-order valence-electron chi connectivity index (χ3n) is 3.68. The van der Waals surface area contributed by atoms with E-state index in [4.69, 9.17) is 5.11 Å². The SMILES string of the molecule is O=C(CC1CCCCCC1)Nc1ccc(O)cc1F. The second-order valence-corrected chi connectivity index (χ2v) is 5.27. The molecule has 0 saturated heterocycles. The van der Waals surface area contributed by atoms with Crippen LogP contribution in [-0.2, 0) is 4.79 Å². The first-order chi connectivity index (χ1) is 9.15. The summed E-state index contributed by atoms with van der Waals surface area (Å²) in [6, 6.07) is 3.75. The van der Waals surface area contributed by atoms with E-state index in [1.807, 2.05) is 0 Å². The van der Waals surface area contributed by atoms with Crippen LogP contribution in [0.3, 0.4) is 0 Å². The highest BCUT2D eigenvalue weighted by Gasteiger charge is 2.17. The highest BCUT2D eigenvalue weighted by molar-refractivity contribution is 5.91. The van der Waals surface area contributed by atoms with Crippen molar-refractivity contribution in [3.05, 3.63) is 24.0 Å². The van der Waals surface area contributed by atoms with Crippen LogP contribution in [0.1, 0.15) is 44.9 Å². The van der Waals surface area contributed by atoms with Crippen molar-refractivity contribution in [3.63, 3.8) is 0 Å². The number of aromatic hydroxyl groups is 1. The molecule has 0 radical (unpaired) electrons. The van der Waals surface area contributed by atoms with Crippen molar-refractivity contribution < 1.29 is 14.3 Å². The Labute approximate surface area is 112 Å². The Hall–Kier alpha value is -1.58. The minimum atomic E-state index is -0.603. The summed E-state index contributed by atoms with van der Waals surface area (Å²) in [5, 5.41) is 11.7. The molecular weight excluding hydrogens is 245 g/mol. The highest BCUT2D eigenvalue weighted by Crippen LogP contribution is 2.26. The minimum Gasteiger partial charge on any atom is -0.508 e. The maximum atomic E-state index is 13.5. The van der Waals surface area contributed by atoms with Crippen LogP contribution >= 0.6 is 0 Å². The third-order valence-corrected chi connectivity index (χ3v) is 3.68. The molecule has 0 aromatic heterocycles. The van der Waals surface area contributed by atoms with Gasteiger partial charge in [-0.2, -0.15) is 0 Å². The van der Waals surface area contributed by atoms with Gasteiger partial charge in [0.15, 0.2) is 0 Å². The molecule has 0 atom stereocenters. The molecule has 4 heteroatoms. The second kappa shape index (κ2) is 6.55. The molecule has 2 N–H and O–H groups in total. The zero-order valence-corrected chi connectivity index (χ0v) is 11.0. The Bertz CT molecular complexity index is 440. The number of rotatable bonds is 3. The maximum absolute atomic E-state index is 13.5. The van der Waals surface area contributed by atoms with Crippen LogP contribution in [0.25, 0.3) is 0 Å². The number of carbonyl (C=O) groups is 1.